The summed E-state index contributed by atoms with van der Waals surface area (Å²) in [5.41, 5.74) is 1.58. The van der Waals surface area contributed by atoms with Gasteiger partial charge < -0.3 is 18.8 Å². The van der Waals surface area contributed by atoms with Crippen molar-refractivity contribution >= 4 is 23.5 Å². The number of nitrogens with one attached hydrogen (secondary N) is 1. The minimum absolute atomic E-state index is 0.00564. The predicted molar refractivity (Wildman–Crippen MR) is 112 cm³/mol. The number of ether oxygens (including phenoxy) is 2. The van der Waals surface area contributed by atoms with Crippen molar-refractivity contribution in [3.8, 4) is 11.5 Å². The van der Waals surface area contributed by atoms with Crippen LogP contribution in [0.5, 0.6) is 11.5 Å². The molecule has 1 N–H and O–H groups in total. The lowest BCUT2D eigenvalue weighted by Crippen LogP contribution is -2.24. The molecule has 4 rings (SSSR count). The molecule has 0 bridgehead atoms. The van der Waals surface area contributed by atoms with E-state index in [4.69, 9.17) is 13.9 Å². The third kappa shape index (κ3) is 4.50. The molecule has 1 aliphatic heterocycles. The Bertz CT molecular complexity index is 1080. The summed E-state index contributed by atoms with van der Waals surface area (Å²) >= 11 is 0. The van der Waals surface area contributed by atoms with Gasteiger partial charge in [0.25, 0.3) is 0 Å². The highest BCUT2D eigenvalue weighted by Crippen LogP contribution is 2.32. The third-order valence-corrected chi connectivity index (χ3v) is 5.04. The molecule has 1 aromatic heterocycles. The average molecular weight is 422 g/mol. The predicted octanol–water partition coefficient (Wildman–Crippen LogP) is 2.79. The molecular formula is C22H22N4O5. The Kier molecular flexibility index (Phi) is 5.83. The monoisotopic (exact) mass is 422 g/mol. The van der Waals surface area contributed by atoms with Crippen LogP contribution < -0.4 is 19.7 Å². The summed E-state index contributed by atoms with van der Waals surface area (Å²) in [7, 11) is 3.09. The van der Waals surface area contributed by atoms with Gasteiger partial charge in [0, 0.05) is 18.7 Å². The topological polar surface area (TPSA) is 107 Å². The zero-order valence-electron chi connectivity index (χ0n) is 17.2. The lowest BCUT2D eigenvalue weighted by Gasteiger charge is -2.15. The number of carbonyl (C=O) groups is 2. The first kappa shape index (κ1) is 20.4. The van der Waals surface area contributed by atoms with E-state index < -0.39 is 0 Å². The van der Waals surface area contributed by atoms with Crippen molar-refractivity contribution in [2.75, 3.05) is 31.0 Å². The molecule has 0 spiro atoms. The Morgan fingerprint density at radius 2 is 1.90 bits per heavy atom. The van der Waals surface area contributed by atoms with Crippen LogP contribution in [0.2, 0.25) is 0 Å². The molecule has 0 aliphatic carbocycles. The smallest absolute Gasteiger partial charge is 0.322 e. The summed E-state index contributed by atoms with van der Waals surface area (Å²) in [6, 6.07) is 14.7. The molecule has 9 heteroatoms. The summed E-state index contributed by atoms with van der Waals surface area (Å²) in [4.78, 5) is 26.5. The van der Waals surface area contributed by atoms with E-state index in [2.05, 4.69) is 15.5 Å². The number of hydrogen-bond donors (Lipinski definition) is 1. The molecule has 3 aromatic rings. The van der Waals surface area contributed by atoms with Crippen LogP contribution in [0, 0.1) is 0 Å². The average Bonchev–Trinajstić information content (AvgIpc) is 3.40. The highest BCUT2D eigenvalue weighted by Gasteiger charge is 2.35. The van der Waals surface area contributed by atoms with Crippen molar-refractivity contribution in [3.05, 3.63) is 60.0 Å². The van der Waals surface area contributed by atoms with Crippen LogP contribution in [0.25, 0.3) is 0 Å². The molecule has 1 saturated heterocycles. The number of nitrogens with zero attached hydrogens (tertiary/aromatic N) is 3. The van der Waals surface area contributed by atoms with E-state index in [0.29, 0.717) is 23.9 Å². The van der Waals surface area contributed by atoms with Crippen molar-refractivity contribution in [3.63, 3.8) is 0 Å². The van der Waals surface area contributed by atoms with Crippen LogP contribution in [-0.4, -0.2) is 42.8 Å². The molecule has 2 heterocycles. The minimum atomic E-state index is -0.309. The van der Waals surface area contributed by atoms with Gasteiger partial charge in [-0.15, -0.1) is 5.10 Å². The first-order valence-electron chi connectivity index (χ1n) is 9.77. The summed E-state index contributed by atoms with van der Waals surface area (Å²) in [5.74, 6) is 0.916. The maximum Gasteiger partial charge on any atom is 0.322 e. The fraction of sp³-hybridized carbons (Fsp3) is 0.273. The van der Waals surface area contributed by atoms with E-state index >= 15 is 0 Å². The number of anilines is 2. The normalized spacial score (nSPS) is 15.7. The molecular weight excluding hydrogens is 400 g/mol. The number of hydrogen-bond acceptors (Lipinski definition) is 7. The van der Waals surface area contributed by atoms with Gasteiger partial charge in [-0.1, -0.05) is 29.4 Å². The van der Waals surface area contributed by atoms with E-state index in [1.807, 2.05) is 30.3 Å². The van der Waals surface area contributed by atoms with E-state index in [1.54, 1.807) is 30.2 Å². The van der Waals surface area contributed by atoms with Gasteiger partial charge in [0.2, 0.25) is 17.7 Å². The number of carbonyl (C=O) groups excluding carboxylic acids is 2. The Hall–Kier alpha value is -3.88. The van der Waals surface area contributed by atoms with Crippen LogP contribution in [0.15, 0.2) is 52.9 Å². The fourth-order valence-corrected chi connectivity index (χ4v) is 3.52. The first-order chi connectivity index (χ1) is 15.1. The molecule has 2 aromatic carbocycles. The Balaban J connectivity index is 1.38. The number of para-hydroxylation sites is 1. The van der Waals surface area contributed by atoms with E-state index in [9.17, 15) is 9.59 Å². The SMILES string of the molecule is COc1ccc(CC(=O)Nc2nnc(C3CC(=O)N(c4ccccc4)C3)o2)cc1OC. The van der Waals surface area contributed by atoms with Gasteiger partial charge in [0.1, 0.15) is 0 Å². The highest BCUT2D eigenvalue weighted by molar-refractivity contribution is 5.96. The van der Waals surface area contributed by atoms with Gasteiger partial charge in [-0.05, 0) is 29.8 Å². The maximum absolute atomic E-state index is 12.4. The van der Waals surface area contributed by atoms with Gasteiger partial charge >= 0.3 is 6.01 Å². The zero-order chi connectivity index (χ0) is 21.8. The van der Waals surface area contributed by atoms with Gasteiger partial charge in [-0.25, -0.2) is 0 Å². The number of methoxy groups -OCH3 is 2. The Labute approximate surface area is 179 Å². The molecule has 1 fully saturated rings. The first-order valence-corrected chi connectivity index (χ1v) is 9.77. The molecule has 1 unspecified atom stereocenters. The van der Waals surface area contributed by atoms with Crippen molar-refractivity contribution in [1.82, 2.24) is 10.2 Å². The zero-order valence-corrected chi connectivity index (χ0v) is 17.2. The van der Waals surface area contributed by atoms with Gasteiger partial charge in [0.15, 0.2) is 11.5 Å². The molecule has 0 saturated carbocycles. The van der Waals surface area contributed by atoms with Crippen molar-refractivity contribution in [2.45, 2.75) is 18.8 Å². The highest BCUT2D eigenvalue weighted by atomic mass is 16.5. The second-order valence-corrected chi connectivity index (χ2v) is 7.10. The molecule has 2 amide bonds. The molecule has 160 valence electrons. The Morgan fingerprint density at radius 1 is 1.13 bits per heavy atom. The third-order valence-electron chi connectivity index (χ3n) is 5.04. The molecule has 0 radical (unpaired) electrons. The lowest BCUT2D eigenvalue weighted by molar-refractivity contribution is -0.117. The van der Waals surface area contributed by atoms with Crippen LogP contribution in [0.3, 0.4) is 0 Å². The van der Waals surface area contributed by atoms with E-state index in [0.717, 1.165) is 11.3 Å². The van der Waals surface area contributed by atoms with Gasteiger partial charge in [0.05, 0.1) is 26.6 Å². The van der Waals surface area contributed by atoms with Crippen LogP contribution in [0.4, 0.5) is 11.7 Å². The summed E-state index contributed by atoms with van der Waals surface area (Å²) < 4.78 is 16.1. The molecule has 9 nitrogen and oxygen atoms in total. The van der Waals surface area contributed by atoms with Gasteiger partial charge in [-0.2, -0.15) is 0 Å². The minimum Gasteiger partial charge on any atom is -0.493 e. The number of rotatable bonds is 7. The number of benzene rings is 2. The number of aromatic nitrogens is 2. The molecule has 31 heavy (non-hydrogen) atoms. The van der Waals surface area contributed by atoms with Crippen molar-refractivity contribution in [1.29, 1.82) is 0 Å². The van der Waals surface area contributed by atoms with Crippen LogP contribution in [0.1, 0.15) is 23.8 Å². The standard InChI is InChI=1S/C22H22N4O5/c1-29-17-9-8-14(10-18(17)30-2)11-19(27)23-22-25-24-21(31-22)15-12-20(28)26(13-15)16-6-4-3-5-7-16/h3-10,15H,11-13H2,1-2H3,(H,23,25,27). The second kappa shape index (κ2) is 8.86. The van der Waals surface area contributed by atoms with Crippen molar-refractivity contribution in [2.24, 2.45) is 0 Å². The van der Waals surface area contributed by atoms with Gasteiger partial charge in [-0.3, -0.25) is 14.9 Å². The molecule has 1 aliphatic rings. The largest absolute Gasteiger partial charge is 0.493 e. The molecule has 1 atom stereocenters. The van der Waals surface area contributed by atoms with Crippen LogP contribution >= 0.6 is 0 Å². The van der Waals surface area contributed by atoms with E-state index in [1.165, 1.54) is 7.11 Å². The lowest BCUT2D eigenvalue weighted by atomic mass is 10.1. The number of amides is 2. The summed E-state index contributed by atoms with van der Waals surface area (Å²) in [6.45, 7) is 0.448. The quantitative estimate of drug-likeness (QED) is 0.624. The maximum atomic E-state index is 12.4. The summed E-state index contributed by atoms with van der Waals surface area (Å²) in [5, 5.41) is 10.5. The van der Waals surface area contributed by atoms with E-state index in [-0.39, 0.29) is 36.6 Å². The van der Waals surface area contributed by atoms with Crippen molar-refractivity contribution < 1.29 is 23.5 Å². The summed E-state index contributed by atoms with van der Waals surface area (Å²) in [6.07, 6.45) is 0.373. The second-order valence-electron chi connectivity index (χ2n) is 7.10. The Morgan fingerprint density at radius 3 is 2.65 bits per heavy atom. The van der Waals surface area contributed by atoms with Crippen LogP contribution in [-0.2, 0) is 16.0 Å². The fourth-order valence-electron chi connectivity index (χ4n) is 3.52.